The minimum Gasteiger partial charge on any atom is -0.381 e. The van der Waals surface area contributed by atoms with Gasteiger partial charge in [0.1, 0.15) is 11.6 Å². The molecule has 168 valence electrons. The number of nitrogens with one attached hydrogen (secondary N) is 1. The van der Waals surface area contributed by atoms with Crippen LogP contribution in [0.4, 0.5) is 8.78 Å². The Balaban J connectivity index is 1.68. The molecule has 2 aliphatic rings. The van der Waals surface area contributed by atoms with E-state index in [9.17, 15) is 22.0 Å². The van der Waals surface area contributed by atoms with Gasteiger partial charge < -0.3 is 9.64 Å². The van der Waals surface area contributed by atoms with Crippen LogP contribution in [0.1, 0.15) is 32.6 Å². The molecule has 0 aromatic heterocycles. The first kappa shape index (κ1) is 23.1. The number of likely N-dealkylation sites (tertiary alicyclic amines) is 1. The third kappa shape index (κ3) is 5.96. The van der Waals surface area contributed by atoms with Crippen molar-refractivity contribution in [1.29, 1.82) is 0 Å². The van der Waals surface area contributed by atoms with E-state index in [2.05, 4.69) is 9.62 Å². The lowest BCUT2D eigenvalue weighted by Gasteiger charge is -2.44. The van der Waals surface area contributed by atoms with Crippen LogP contribution in [0.25, 0.3) is 0 Å². The van der Waals surface area contributed by atoms with Gasteiger partial charge in [-0.25, -0.2) is 21.9 Å². The number of sulfonamides is 1. The normalized spacial score (nSPS) is 21.2. The maximum absolute atomic E-state index is 13.4. The molecule has 0 aliphatic carbocycles. The number of benzene rings is 1. The smallest absolute Gasteiger partial charge is 0.240 e. The monoisotopic (exact) mass is 445 g/mol. The van der Waals surface area contributed by atoms with Crippen molar-refractivity contribution >= 4 is 15.9 Å². The molecule has 1 unspecified atom stereocenters. The molecule has 1 N–H and O–H groups in total. The minimum atomic E-state index is -4.03. The molecule has 1 aromatic carbocycles. The third-order valence-electron chi connectivity index (χ3n) is 5.78. The number of amides is 1. The third-order valence-corrected chi connectivity index (χ3v) is 7.22. The van der Waals surface area contributed by atoms with Crippen molar-refractivity contribution in [3.05, 3.63) is 29.8 Å². The molecule has 30 heavy (non-hydrogen) atoms. The summed E-state index contributed by atoms with van der Waals surface area (Å²) in [5.41, 5.74) is 0. The fourth-order valence-electron chi connectivity index (χ4n) is 4.27. The molecule has 7 nitrogen and oxygen atoms in total. The van der Waals surface area contributed by atoms with Gasteiger partial charge in [-0.3, -0.25) is 9.69 Å². The number of hydrogen-bond acceptors (Lipinski definition) is 5. The number of halogens is 2. The molecule has 2 heterocycles. The highest BCUT2D eigenvalue weighted by Crippen LogP contribution is 2.23. The predicted octanol–water partition coefficient (Wildman–Crippen LogP) is 1.73. The molecule has 2 saturated heterocycles. The number of carbonyl (C=O) groups excluding carboxylic acids is 1. The lowest BCUT2D eigenvalue weighted by Crippen LogP contribution is -2.55. The van der Waals surface area contributed by atoms with Crippen molar-refractivity contribution in [2.45, 2.75) is 49.6 Å². The predicted molar refractivity (Wildman–Crippen MR) is 107 cm³/mol. The Hall–Kier alpha value is -1.62. The molecule has 0 radical (unpaired) electrons. The fraction of sp³-hybridized carbons (Fsp3) is 0.650. The summed E-state index contributed by atoms with van der Waals surface area (Å²) in [7, 11) is -4.03. The van der Waals surface area contributed by atoms with Crippen molar-refractivity contribution in [2.24, 2.45) is 0 Å². The van der Waals surface area contributed by atoms with Crippen molar-refractivity contribution in [3.8, 4) is 0 Å². The quantitative estimate of drug-likeness (QED) is 0.692. The van der Waals surface area contributed by atoms with E-state index < -0.39 is 26.6 Å². The van der Waals surface area contributed by atoms with Crippen LogP contribution in [0, 0.1) is 11.6 Å². The summed E-state index contributed by atoms with van der Waals surface area (Å²) in [4.78, 5) is 15.5. The maximum Gasteiger partial charge on any atom is 0.240 e. The summed E-state index contributed by atoms with van der Waals surface area (Å²) in [5.74, 6) is -1.84. The average Bonchev–Trinajstić information content (AvgIpc) is 2.71. The van der Waals surface area contributed by atoms with E-state index in [1.54, 1.807) is 6.92 Å². The van der Waals surface area contributed by atoms with E-state index in [-0.39, 0.29) is 24.5 Å². The number of ether oxygens (including phenoxy) is 1. The lowest BCUT2D eigenvalue weighted by atomic mass is 9.98. The van der Waals surface area contributed by atoms with Crippen LogP contribution in [0.3, 0.4) is 0 Å². The Morgan fingerprint density at radius 1 is 1.17 bits per heavy atom. The Morgan fingerprint density at radius 2 is 1.83 bits per heavy atom. The molecule has 2 fully saturated rings. The standard InChI is InChI=1S/C20H29F2N3O4S/c1-15(26)24-7-2-3-19(14-24)25(18-4-9-29-10-5-18)8-6-23-30(27,28)20-12-16(21)11-17(22)13-20/h11-13,18-19,23H,2-10,14H2,1H3. The molecule has 0 spiro atoms. The summed E-state index contributed by atoms with van der Waals surface area (Å²) in [6, 6.07) is 2.62. The first-order chi connectivity index (χ1) is 14.3. The molecular weight excluding hydrogens is 416 g/mol. The van der Waals surface area contributed by atoms with E-state index in [0.29, 0.717) is 32.4 Å². The number of hydrogen-bond donors (Lipinski definition) is 1. The maximum atomic E-state index is 13.4. The first-order valence-corrected chi connectivity index (χ1v) is 11.8. The Labute approximate surface area is 176 Å². The number of piperidine rings is 1. The van der Waals surface area contributed by atoms with Gasteiger partial charge in [-0.15, -0.1) is 0 Å². The summed E-state index contributed by atoms with van der Waals surface area (Å²) in [6.45, 7) is 4.77. The van der Waals surface area contributed by atoms with Gasteiger partial charge in [-0.05, 0) is 37.8 Å². The second-order valence-electron chi connectivity index (χ2n) is 7.85. The lowest BCUT2D eigenvalue weighted by molar-refractivity contribution is -0.131. The molecule has 10 heteroatoms. The van der Waals surface area contributed by atoms with Crippen LogP contribution in [-0.2, 0) is 19.6 Å². The summed E-state index contributed by atoms with van der Waals surface area (Å²) in [6.07, 6.45) is 3.53. The highest BCUT2D eigenvalue weighted by atomic mass is 32.2. The minimum absolute atomic E-state index is 0.0421. The van der Waals surface area contributed by atoms with Crippen LogP contribution in [0.15, 0.2) is 23.1 Å². The second kappa shape index (κ2) is 10.1. The van der Waals surface area contributed by atoms with Gasteiger partial charge in [0, 0.05) is 64.5 Å². The average molecular weight is 446 g/mol. The topological polar surface area (TPSA) is 79.0 Å². The largest absolute Gasteiger partial charge is 0.381 e. The fourth-order valence-corrected chi connectivity index (χ4v) is 5.33. The summed E-state index contributed by atoms with van der Waals surface area (Å²) >= 11 is 0. The van der Waals surface area contributed by atoms with Crippen LogP contribution in [-0.4, -0.2) is 75.6 Å². The van der Waals surface area contributed by atoms with Crippen molar-refractivity contribution in [1.82, 2.24) is 14.5 Å². The number of rotatable bonds is 7. The highest BCUT2D eigenvalue weighted by Gasteiger charge is 2.32. The zero-order chi connectivity index (χ0) is 21.7. The van der Waals surface area contributed by atoms with Crippen LogP contribution in [0.2, 0.25) is 0 Å². The van der Waals surface area contributed by atoms with Crippen molar-refractivity contribution < 1.29 is 26.7 Å². The van der Waals surface area contributed by atoms with Gasteiger partial charge in [-0.2, -0.15) is 0 Å². The molecule has 1 aromatic rings. The Kier molecular flexibility index (Phi) is 7.78. The summed E-state index contributed by atoms with van der Waals surface area (Å²) in [5, 5.41) is 0. The molecule has 0 bridgehead atoms. The Morgan fingerprint density at radius 3 is 2.47 bits per heavy atom. The molecule has 1 atom stereocenters. The molecular formula is C20H29F2N3O4S. The van der Waals surface area contributed by atoms with E-state index >= 15 is 0 Å². The Bertz CT molecular complexity index is 826. The second-order valence-corrected chi connectivity index (χ2v) is 9.61. The summed E-state index contributed by atoms with van der Waals surface area (Å²) < 4.78 is 59.7. The molecule has 1 amide bonds. The SMILES string of the molecule is CC(=O)N1CCCC(N(CCNS(=O)(=O)c2cc(F)cc(F)c2)C2CCOCC2)C1. The van der Waals surface area contributed by atoms with E-state index in [1.165, 1.54) is 0 Å². The zero-order valence-electron chi connectivity index (χ0n) is 17.1. The van der Waals surface area contributed by atoms with Crippen LogP contribution < -0.4 is 4.72 Å². The van der Waals surface area contributed by atoms with E-state index in [4.69, 9.17) is 4.74 Å². The van der Waals surface area contributed by atoms with Crippen molar-refractivity contribution in [3.63, 3.8) is 0 Å². The van der Waals surface area contributed by atoms with Gasteiger partial charge in [0.15, 0.2) is 0 Å². The van der Waals surface area contributed by atoms with E-state index in [1.807, 2.05) is 4.90 Å². The van der Waals surface area contributed by atoms with Gasteiger partial charge in [-0.1, -0.05) is 0 Å². The van der Waals surface area contributed by atoms with Crippen LogP contribution >= 0.6 is 0 Å². The van der Waals surface area contributed by atoms with Gasteiger partial charge >= 0.3 is 0 Å². The van der Waals surface area contributed by atoms with Crippen molar-refractivity contribution in [2.75, 3.05) is 39.4 Å². The number of nitrogens with zero attached hydrogens (tertiary/aromatic N) is 2. The zero-order valence-corrected chi connectivity index (χ0v) is 18.0. The van der Waals surface area contributed by atoms with Gasteiger partial charge in [0.2, 0.25) is 15.9 Å². The molecule has 3 rings (SSSR count). The van der Waals surface area contributed by atoms with Gasteiger partial charge in [0.25, 0.3) is 0 Å². The van der Waals surface area contributed by atoms with Crippen LogP contribution in [0.5, 0.6) is 0 Å². The molecule has 0 saturated carbocycles. The highest BCUT2D eigenvalue weighted by molar-refractivity contribution is 7.89. The van der Waals surface area contributed by atoms with Gasteiger partial charge in [0.05, 0.1) is 4.90 Å². The molecule has 2 aliphatic heterocycles. The first-order valence-electron chi connectivity index (χ1n) is 10.3. The van der Waals surface area contributed by atoms with E-state index in [0.717, 1.165) is 44.4 Å². The number of carbonyl (C=O) groups is 1.